The molecule has 13 heteroatoms. The number of aromatic nitrogens is 4. The Morgan fingerprint density at radius 1 is 0.767 bits per heavy atom. The lowest BCUT2D eigenvalue weighted by atomic mass is 10.1. The zero-order valence-electron chi connectivity index (χ0n) is 21.9. The molecule has 0 aliphatic heterocycles. The first-order valence-electron chi connectivity index (χ1n) is 12.6. The van der Waals surface area contributed by atoms with Crippen LogP contribution in [0.5, 0.6) is 0 Å². The van der Waals surface area contributed by atoms with E-state index in [1.54, 1.807) is 30.6 Å². The highest BCUT2D eigenvalue weighted by molar-refractivity contribution is 7.92. The molecule has 3 aromatic heterocycles. The Morgan fingerprint density at radius 3 is 2.28 bits per heavy atom. The lowest BCUT2D eigenvalue weighted by Gasteiger charge is -2.12. The number of pyridine rings is 1. The summed E-state index contributed by atoms with van der Waals surface area (Å²) in [4.78, 5) is 16.9. The monoisotopic (exact) mass is 616 g/mol. The van der Waals surface area contributed by atoms with Gasteiger partial charge in [0.1, 0.15) is 16.6 Å². The summed E-state index contributed by atoms with van der Waals surface area (Å²) in [6, 6.07) is 21.1. The molecule has 0 amide bonds. The van der Waals surface area contributed by atoms with E-state index in [9.17, 15) is 17.2 Å². The smallest absolute Gasteiger partial charge is 0.267 e. The minimum atomic E-state index is -4.82. The van der Waals surface area contributed by atoms with Crippen molar-refractivity contribution in [1.29, 1.82) is 0 Å². The van der Waals surface area contributed by atoms with Crippen molar-refractivity contribution in [3.63, 3.8) is 0 Å². The Morgan fingerprint density at radius 2 is 1.53 bits per heavy atom. The maximum absolute atomic E-state index is 16.1. The van der Waals surface area contributed by atoms with Crippen LogP contribution in [0, 0.1) is 17.5 Å². The first-order valence-corrected chi connectivity index (χ1v) is 14.9. The van der Waals surface area contributed by atoms with E-state index in [2.05, 4.69) is 20.3 Å². The van der Waals surface area contributed by atoms with Crippen LogP contribution >= 0.6 is 11.3 Å². The third kappa shape index (κ3) is 5.80. The van der Waals surface area contributed by atoms with E-state index in [1.165, 1.54) is 29.7 Å². The molecule has 0 saturated heterocycles. The molecule has 0 spiro atoms. The summed E-state index contributed by atoms with van der Waals surface area (Å²) < 4.78 is 72.4. The molecule has 8 nitrogen and oxygen atoms in total. The fraction of sp³-hybridized carbons (Fsp3) is 0. The molecule has 6 rings (SSSR count). The van der Waals surface area contributed by atoms with Crippen LogP contribution < -0.4 is 10.0 Å². The van der Waals surface area contributed by atoms with Crippen molar-refractivity contribution in [3.8, 4) is 32.4 Å². The van der Waals surface area contributed by atoms with Crippen LogP contribution in [0.15, 0.2) is 108 Å². The van der Waals surface area contributed by atoms with E-state index in [0.29, 0.717) is 21.3 Å². The number of benzene rings is 3. The molecule has 0 unspecified atom stereocenters. The summed E-state index contributed by atoms with van der Waals surface area (Å²) >= 11 is 1.26. The second-order valence-electron chi connectivity index (χ2n) is 9.02. The average molecular weight is 617 g/mol. The molecule has 0 aliphatic rings. The Balaban J connectivity index is 1.45. The number of hydrogen-bond donors (Lipinski definition) is 2. The minimum Gasteiger partial charge on any atom is -0.323 e. The number of rotatable bonds is 8. The van der Waals surface area contributed by atoms with E-state index in [0.717, 1.165) is 29.8 Å². The van der Waals surface area contributed by atoms with E-state index < -0.39 is 38.1 Å². The molecule has 2 N–H and O–H groups in total. The summed E-state index contributed by atoms with van der Waals surface area (Å²) in [5.41, 5.74) is 1.48. The Labute approximate surface area is 248 Å². The molecule has 6 aromatic rings. The summed E-state index contributed by atoms with van der Waals surface area (Å²) in [5.74, 6) is -3.34. The van der Waals surface area contributed by atoms with Gasteiger partial charge in [-0.15, -0.1) is 11.3 Å². The Kier molecular flexibility index (Phi) is 7.57. The van der Waals surface area contributed by atoms with Gasteiger partial charge in [0.15, 0.2) is 10.7 Å². The van der Waals surface area contributed by atoms with Crippen molar-refractivity contribution < 1.29 is 21.6 Å². The Hall–Kier alpha value is -5.14. The van der Waals surface area contributed by atoms with Crippen LogP contribution in [0.3, 0.4) is 0 Å². The lowest BCUT2D eigenvalue weighted by Crippen LogP contribution is -2.17. The summed E-state index contributed by atoms with van der Waals surface area (Å²) in [7, 11) is -4.82. The molecule has 0 bridgehead atoms. The minimum absolute atomic E-state index is 0.0528. The molecule has 0 atom stereocenters. The zero-order valence-corrected chi connectivity index (χ0v) is 23.5. The van der Waals surface area contributed by atoms with Crippen molar-refractivity contribution in [2.45, 2.75) is 4.90 Å². The van der Waals surface area contributed by atoms with E-state index in [1.807, 2.05) is 35.1 Å². The van der Waals surface area contributed by atoms with Gasteiger partial charge >= 0.3 is 0 Å². The number of anilines is 3. The molecule has 0 radical (unpaired) electrons. The largest absolute Gasteiger partial charge is 0.323 e. The molecule has 0 fully saturated rings. The van der Waals surface area contributed by atoms with E-state index in [-0.39, 0.29) is 17.2 Å². The van der Waals surface area contributed by atoms with Gasteiger partial charge in [0.2, 0.25) is 5.95 Å². The number of nitrogens with one attached hydrogen (secondary N) is 2. The highest BCUT2D eigenvalue weighted by atomic mass is 32.2. The zero-order chi connectivity index (χ0) is 30.0. The van der Waals surface area contributed by atoms with Crippen molar-refractivity contribution in [1.82, 2.24) is 19.9 Å². The molecule has 0 aliphatic carbocycles. The molecular formula is C30H19F3N6O2S2. The van der Waals surface area contributed by atoms with Gasteiger partial charge in [-0.3, -0.25) is 9.71 Å². The number of hydrogen-bond acceptors (Lipinski definition) is 8. The SMILES string of the molecule is O=S(=O)(Nc1cccc(-c2nc(-c3ccccc3)sc2-c2ccnc(Nc3cccnc3)n2)c1F)c1c(F)cccc1F. The van der Waals surface area contributed by atoms with Crippen LogP contribution in [0.2, 0.25) is 0 Å². The summed E-state index contributed by atoms with van der Waals surface area (Å²) in [6.07, 6.45) is 4.78. The third-order valence-corrected chi connectivity index (χ3v) is 8.68. The van der Waals surface area contributed by atoms with E-state index in [4.69, 9.17) is 4.98 Å². The van der Waals surface area contributed by atoms with Crippen LogP contribution in [0.25, 0.3) is 32.4 Å². The summed E-state index contributed by atoms with van der Waals surface area (Å²) in [6.45, 7) is 0. The van der Waals surface area contributed by atoms with Crippen molar-refractivity contribution in [3.05, 3.63) is 121 Å². The fourth-order valence-electron chi connectivity index (χ4n) is 4.22. The number of sulfonamides is 1. The van der Waals surface area contributed by atoms with Crippen LogP contribution in [-0.4, -0.2) is 28.4 Å². The van der Waals surface area contributed by atoms with Gasteiger partial charge in [0.25, 0.3) is 10.0 Å². The highest BCUT2D eigenvalue weighted by Crippen LogP contribution is 2.42. The van der Waals surface area contributed by atoms with Gasteiger partial charge in [-0.1, -0.05) is 42.5 Å². The van der Waals surface area contributed by atoms with Crippen molar-refractivity contribution in [2.75, 3.05) is 10.0 Å². The molecule has 3 heterocycles. The van der Waals surface area contributed by atoms with Gasteiger partial charge in [0, 0.05) is 23.5 Å². The lowest BCUT2D eigenvalue weighted by molar-refractivity contribution is 0.521. The molecule has 43 heavy (non-hydrogen) atoms. The quantitative estimate of drug-likeness (QED) is 0.185. The van der Waals surface area contributed by atoms with Crippen LogP contribution in [0.1, 0.15) is 0 Å². The van der Waals surface area contributed by atoms with Gasteiger partial charge < -0.3 is 5.32 Å². The predicted octanol–water partition coefficient (Wildman–Crippen LogP) is 7.29. The molecule has 3 aromatic carbocycles. The number of nitrogens with zero attached hydrogens (tertiary/aromatic N) is 4. The molecular weight excluding hydrogens is 597 g/mol. The molecule has 214 valence electrons. The van der Waals surface area contributed by atoms with E-state index >= 15 is 4.39 Å². The second kappa shape index (κ2) is 11.6. The third-order valence-electron chi connectivity index (χ3n) is 6.14. The van der Waals surface area contributed by atoms with Crippen LogP contribution in [0.4, 0.5) is 30.5 Å². The maximum Gasteiger partial charge on any atom is 0.267 e. The highest BCUT2D eigenvalue weighted by Gasteiger charge is 2.27. The maximum atomic E-state index is 16.1. The number of thiazole rings is 1. The first-order chi connectivity index (χ1) is 20.8. The van der Waals surface area contributed by atoms with Gasteiger partial charge in [-0.05, 0) is 42.5 Å². The molecule has 0 saturated carbocycles. The van der Waals surface area contributed by atoms with Crippen molar-refractivity contribution >= 4 is 38.7 Å². The topological polar surface area (TPSA) is 110 Å². The predicted molar refractivity (Wildman–Crippen MR) is 159 cm³/mol. The number of halogens is 3. The second-order valence-corrected chi connectivity index (χ2v) is 11.6. The average Bonchev–Trinajstić information content (AvgIpc) is 3.44. The first kappa shape index (κ1) is 28.0. The summed E-state index contributed by atoms with van der Waals surface area (Å²) in [5, 5.41) is 3.63. The van der Waals surface area contributed by atoms with Crippen molar-refractivity contribution in [2.24, 2.45) is 0 Å². The van der Waals surface area contributed by atoms with Crippen LogP contribution in [-0.2, 0) is 10.0 Å². The normalized spacial score (nSPS) is 11.3. The van der Waals surface area contributed by atoms with Gasteiger partial charge in [-0.2, -0.15) is 0 Å². The fourth-order valence-corrected chi connectivity index (χ4v) is 6.47. The van der Waals surface area contributed by atoms with Gasteiger partial charge in [-0.25, -0.2) is 36.5 Å². The standard InChI is InChI=1S/C30H19F3N6O2S2/c31-21-11-5-12-22(32)28(21)43(40,41)39-23-13-4-10-20(25(23)33)26-27(42-29(38-26)18-7-2-1-3-8-18)24-14-16-35-30(37-24)36-19-9-6-15-34-17-19/h1-17,39H,(H,35,36,37). The van der Waals surface area contributed by atoms with Gasteiger partial charge in [0.05, 0.1) is 33.8 Å². The Bertz CT molecular complexity index is 2020.